The summed E-state index contributed by atoms with van der Waals surface area (Å²) in [7, 11) is 1.27. The summed E-state index contributed by atoms with van der Waals surface area (Å²) in [6.45, 7) is -2.50. The highest BCUT2D eigenvalue weighted by atomic mass is 19.3. The van der Waals surface area contributed by atoms with Gasteiger partial charge < -0.3 is 14.8 Å². The maximum Gasteiger partial charge on any atom is 0.410 e. The van der Waals surface area contributed by atoms with Crippen LogP contribution in [0.1, 0.15) is 24.0 Å². The molecule has 2 aromatic carbocycles. The van der Waals surface area contributed by atoms with Gasteiger partial charge in [-0.2, -0.15) is 8.78 Å². The van der Waals surface area contributed by atoms with E-state index in [1.807, 2.05) is 30.3 Å². The van der Waals surface area contributed by atoms with Crippen LogP contribution in [0.4, 0.5) is 19.3 Å². The monoisotopic (exact) mass is 404 g/mol. The van der Waals surface area contributed by atoms with Crippen molar-refractivity contribution in [2.24, 2.45) is 0 Å². The lowest BCUT2D eigenvalue weighted by Gasteiger charge is -2.22. The van der Waals surface area contributed by atoms with Gasteiger partial charge in [0.25, 0.3) is 0 Å². The van der Waals surface area contributed by atoms with Crippen molar-refractivity contribution in [2.75, 3.05) is 19.0 Å². The van der Waals surface area contributed by atoms with Gasteiger partial charge in [-0.15, -0.1) is 0 Å². The smallest absolute Gasteiger partial charge is 0.410 e. The van der Waals surface area contributed by atoms with Gasteiger partial charge in [-0.1, -0.05) is 30.3 Å². The third kappa shape index (κ3) is 5.22. The van der Waals surface area contributed by atoms with Gasteiger partial charge in [-0.3, -0.25) is 9.69 Å². The summed E-state index contributed by atoms with van der Waals surface area (Å²) >= 11 is 0. The van der Waals surface area contributed by atoms with Crippen LogP contribution in [0.5, 0.6) is 5.75 Å². The molecule has 2 aromatic rings. The number of amides is 2. The van der Waals surface area contributed by atoms with Crippen molar-refractivity contribution in [1.82, 2.24) is 4.90 Å². The number of methoxy groups -OCH3 is 1. The zero-order chi connectivity index (χ0) is 20.8. The molecule has 1 atom stereocenters. The number of likely N-dealkylation sites (tertiary alicyclic amines) is 1. The molecule has 0 aromatic heterocycles. The molecule has 1 unspecified atom stereocenters. The number of nitrogens with zero attached hydrogens (tertiary/aromatic N) is 1. The molecule has 1 N–H and O–H groups in total. The molecule has 1 aliphatic rings. The molecule has 0 saturated carbocycles. The van der Waals surface area contributed by atoms with Crippen LogP contribution < -0.4 is 10.1 Å². The second kappa shape index (κ2) is 9.36. The van der Waals surface area contributed by atoms with Crippen molar-refractivity contribution in [1.29, 1.82) is 0 Å². The predicted octanol–water partition coefficient (Wildman–Crippen LogP) is 4.05. The second-order valence-corrected chi connectivity index (χ2v) is 6.67. The maximum absolute atomic E-state index is 12.8. The normalized spacial score (nSPS) is 16.0. The first-order chi connectivity index (χ1) is 14.0. The van der Waals surface area contributed by atoms with E-state index in [0.29, 0.717) is 37.1 Å². The van der Waals surface area contributed by atoms with Gasteiger partial charge in [-0.05, 0) is 36.6 Å². The molecule has 1 fully saturated rings. The molecule has 0 aliphatic carbocycles. The number of rotatable bonds is 6. The SMILES string of the molecule is COC(=O)N1CCCC1C(=O)Nc1ccc(OC(F)F)c(Cc2ccccc2)c1. The zero-order valence-corrected chi connectivity index (χ0v) is 15.9. The number of alkyl halides is 2. The van der Waals surface area contributed by atoms with Crippen molar-refractivity contribution in [2.45, 2.75) is 31.9 Å². The number of benzene rings is 2. The van der Waals surface area contributed by atoms with Crippen molar-refractivity contribution < 1.29 is 27.8 Å². The first-order valence-corrected chi connectivity index (χ1v) is 9.25. The number of nitrogens with one attached hydrogen (secondary N) is 1. The van der Waals surface area contributed by atoms with Crippen molar-refractivity contribution in [3.05, 3.63) is 59.7 Å². The lowest BCUT2D eigenvalue weighted by Crippen LogP contribution is -2.43. The Bertz CT molecular complexity index is 861. The van der Waals surface area contributed by atoms with Crippen molar-refractivity contribution in [3.8, 4) is 5.75 Å². The fourth-order valence-electron chi connectivity index (χ4n) is 3.42. The fourth-order valence-corrected chi connectivity index (χ4v) is 3.42. The van der Waals surface area contributed by atoms with Crippen LogP contribution in [-0.2, 0) is 16.0 Å². The second-order valence-electron chi connectivity index (χ2n) is 6.67. The summed E-state index contributed by atoms with van der Waals surface area (Å²) in [5.41, 5.74) is 1.88. The van der Waals surface area contributed by atoms with Gasteiger partial charge in [0.15, 0.2) is 0 Å². The van der Waals surface area contributed by atoms with E-state index >= 15 is 0 Å². The van der Waals surface area contributed by atoms with Crippen LogP contribution in [0.2, 0.25) is 0 Å². The minimum atomic E-state index is -2.95. The molecule has 1 aliphatic heterocycles. The first-order valence-electron chi connectivity index (χ1n) is 9.25. The topological polar surface area (TPSA) is 67.9 Å². The molecule has 6 nitrogen and oxygen atoms in total. The average molecular weight is 404 g/mol. The Kier molecular flexibility index (Phi) is 6.64. The lowest BCUT2D eigenvalue weighted by atomic mass is 10.0. The average Bonchev–Trinajstić information content (AvgIpc) is 3.20. The Morgan fingerprint density at radius 1 is 1.21 bits per heavy atom. The summed E-state index contributed by atoms with van der Waals surface area (Å²) in [6, 6.07) is 13.2. The van der Waals surface area contributed by atoms with Crippen molar-refractivity contribution >= 4 is 17.7 Å². The summed E-state index contributed by atoms with van der Waals surface area (Å²) in [4.78, 5) is 25.9. The number of carbonyl (C=O) groups excluding carboxylic acids is 2. The number of hydrogen-bond donors (Lipinski definition) is 1. The molecule has 0 bridgehead atoms. The molecule has 1 saturated heterocycles. The van der Waals surface area contributed by atoms with Crippen LogP contribution in [-0.4, -0.2) is 43.2 Å². The molecule has 0 radical (unpaired) electrons. The van der Waals surface area contributed by atoms with Gasteiger partial charge in [0, 0.05) is 24.2 Å². The van der Waals surface area contributed by atoms with E-state index < -0.39 is 18.7 Å². The van der Waals surface area contributed by atoms with Gasteiger partial charge >= 0.3 is 12.7 Å². The summed E-state index contributed by atoms with van der Waals surface area (Å²) < 4.78 is 34.9. The summed E-state index contributed by atoms with van der Waals surface area (Å²) in [5.74, 6) is -0.292. The van der Waals surface area contributed by atoms with Gasteiger partial charge in [-0.25, -0.2) is 4.79 Å². The van der Waals surface area contributed by atoms with Gasteiger partial charge in [0.2, 0.25) is 5.91 Å². The highest BCUT2D eigenvalue weighted by molar-refractivity contribution is 5.97. The third-order valence-electron chi connectivity index (χ3n) is 4.75. The first kappa shape index (κ1) is 20.6. The lowest BCUT2D eigenvalue weighted by molar-refractivity contribution is -0.120. The standard InChI is InChI=1S/C21H22F2N2O4/c1-28-21(27)25-11-5-8-17(25)19(26)24-16-9-10-18(29-20(22)23)15(13-16)12-14-6-3-2-4-7-14/h2-4,6-7,9-10,13,17,20H,5,8,11-12H2,1H3,(H,24,26). The molecule has 29 heavy (non-hydrogen) atoms. The number of ether oxygens (including phenoxy) is 2. The van der Waals surface area contributed by atoms with Gasteiger partial charge in [0.05, 0.1) is 7.11 Å². The zero-order valence-electron chi connectivity index (χ0n) is 15.9. The number of anilines is 1. The van der Waals surface area contributed by atoms with E-state index in [9.17, 15) is 18.4 Å². The minimum absolute atomic E-state index is 0.0545. The van der Waals surface area contributed by atoms with E-state index in [2.05, 4.69) is 10.1 Å². The molecule has 0 spiro atoms. The molecular weight excluding hydrogens is 382 g/mol. The minimum Gasteiger partial charge on any atom is -0.453 e. The Morgan fingerprint density at radius 2 is 1.97 bits per heavy atom. The van der Waals surface area contributed by atoms with Crippen LogP contribution in [0.3, 0.4) is 0 Å². The molecule has 3 rings (SSSR count). The Hall–Kier alpha value is -3.16. The van der Waals surface area contributed by atoms with E-state index in [-0.39, 0.29) is 11.7 Å². The number of hydrogen-bond acceptors (Lipinski definition) is 4. The molecule has 2 amide bonds. The van der Waals surface area contributed by atoms with Gasteiger partial charge in [0.1, 0.15) is 11.8 Å². The van der Waals surface area contributed by atoms with Crippen LogP contribution in [0.15, 0.2) is 48.5 Å². The summed E-state index contributed by atoms with van der Waals surface area (Å²) in [6.07, 6.45) is 1.05. The fraction of sp³-hybridized carbons (Fsp3) is 0.333. The highest BCUT2D eigenvalue weighted by Crippen LogP contribution is 2.28. The quantitative estimate of drug-likeness (QED) is 0.789. The summed E-state index contributed by atoms with van der Waals surface area (Å²) in [5, 5.41) is 2.77. The predicted molar refractivity (Wildman–Crippen MR) is 103 cm³/mol. The molecular formula is C21H22F2N2O4. The Labute approximate surface area is 167 Å². The third-order valence-corrected chi connectivity index (χ3v) is 4.75. The van der Waals surface area contributed by atoms with E-state index in [0.717, 1.165) is 5.56 Å². The van der Waals surface area contributed by atoms with E-state index in [1.54, 1.807) is 6.07 Å². The molecule has 1 heterocycles. The van der Waals surface area contributed by atoms with Crippen LogP contribution in [0.25, 0.3) is 0 Å². The van der Waals surface area contributed by atoms with Crippen molar-refractivity contribution in [3.63, 3.8) is 0 Å². The van der Waals surface area contributed by atoms with Crippen LogP contribution >= 0.6 is 0 Å². The van der Waals surface area contributed by atoms with Crippen LogP contribution in [0, 0.1) is 0 Å². The molecule has 8 heteroatoms. The highest BCUT2D eigenvalue weighted by Gasteiger charge is 2.34. The number of carbonyl (C=O) groups is 2. The maximum atomic E-state index is 12.8. The van der Waals surface area contributed by atoms with E-state index in [4.69, 9.17) is 4.74 Å². The Morgan fingerprint density at radius 3 is 2.66 bits per heavy atom. The van der Waals surface area contributed by atoms with E-state index in [1.165, 1.54) is 24.1 Å². The largest absolute Gasteiger partial charge is 0.453 e. The Balaban J connectivity index is 1.79. The number of halogens is 2. The molecule has 154 valence electrons.